The lowest BCUT2D eigenvalue weighted by Gasteiger charge is -2.19. The summed E-state index contributed by atoms with van der Waals surface area (Å²) in [5, 5.41) is 47.4. The minimum Gasteiger partial charge on any atom is -0.569 e. The maximum Gasteiger partial charge on any atom is 0.335 e. The van der Waals surface area contributed by atoms with Gasteiger partial charge in [-0.15, -0.1) is 0 Å². The number of hydrogen-bond donors (Lipinski definition) is 1. The Kier molecular flexibility index (Phi) is 6.31. The van der Waals surface area contributed by atoms with Crippen molar-refractivity contribution in [1.29, 1.82) is 0 Å². The van der Waals surface area contributed by atoms with Crippen LogP contribution < -0.4 is 9.74 Å². The lowest BCUT2D eigenvalue weighted by Crippen LogP contribution is -2.21. The summed E-state index contributed by atoms with van der Waals surface area (Å²) < 4.78 is 0. The summed E-state index contributed by atoms with van der Waals surface area (Å²) >= 11 is 0. The van der Waals surface area contributed by atoms with Crippen LogP contribution in [0.1, 0.15) is 10.4 Å². The quantitative estimate of drug-likeness (QED) is 0.289. The lowest BCUT2D eigenvalue weighted by atomic mass is 10.1. The highest BCUT2D eigenvalue weighted by Gasteiger charge is 2.29. The minimum absolute atomic E-state index is 0.00685. The van der Waals surface area contributed by atoms with E-state index in [0.717, 1.165) is 11.1 Å². The number of benzene rings is 2. The second-order valence-electron chi connectivity index (χ2n) is 6.01. The number of aromatic carboxylic acids is 1. The molecule has 2 aromatic rings. The van der Waals surface area contributed by atoms with Crippen molar-refractivity contribution >= 4 is 28.7 Å². The van der Waals surface area contributed by atoms with Gasteiger partial charge in [0.15, 0.2) is 0 Å². The van der Waals surface area contributed by atoms with Crippen LogP contribution in [0.15, 0.2) is 41.7 Å². The van der Waals surface area contributed by atoms with Gasteiger partial charge in [0.1, 0.15) is 11.8 Å². The molecule has 0 aliphatic heterocycles. The van der Waals surface area contributed by atoms with Crippen molar-refractivity contribution in [2.24, 2.45) is 5.28 Å². The summed E-state index contributed by atoms with van der Waals surface area (Å²) in [7, 11) is 4.14. The molecule has 2 rings (SSSR count). The zero-order chi connectivity index (χ0) is 22.6. The largest absolute Gasteiger partial charge is 0.569 e. The summed E-state index contributed by atoms with van der Waals surface area (Å²) in [6.07, 6.45) is 0. The molecule has 0 fully saturated rings. The molecule has 30 heavy (non-hydrogen) atoms. The van der Waals surface area contributed by atoms with Gasteiger partial charge in [-0.25, -0.2) is 4.79 Å². The van der Waals surface area contributed by atoms with E-state index in [4.69, 9.17) is 9.94 Å². The summed E-state index contributed by atoms with van der Waals surface area (Å²) in [6.45, 7) is 0. The van der Waals surface area contributed by atoms with Crippen molar-refractivity contribution < 1.29 is 29.6 Å². The maximum atomic E-state index is 11.5. The Hall–Kier alpha value is -4.49. The number of carbonyl (C=O) groups is 1. The Morgan fingerprint density at radius 3 is 2.03 bits per heavy atom. The molecule has 0 saturated carbocycles. The van der Waals surface area contributed by atoms with E-state index in [0.29, 0.717) is 11.8 Å². The van der Waals surface area contributed by atoms with Crippen LogP contribution in [0.25, 0.3) is 0 Å². The van der Waals surface area contributed by atoms with E-state index >= 15 is 0 Å². The number of anilines is 2. The predicted octanol–water partition coefficient (Wildman–Crippen LogP) is 2.70. The van der Waals surface area contributed by atoms with E-state index in [1.165, 1.54) is 50.3 Å². The first-order valence-corrected chi connectivity index (χ1v) is 8.09. The van der Waals surface area contributed by atoms with Gasteiger partial charge in [0, 0.05) is 18.8 Å². The Labute approximate surface area is 168 Å². The fourth-order valence-corrected chi connectivity index (χ4v) is 2.30. The molecule has 0 unspecified atom stereocenters. The zero-order valence-corrected chi connectivity index (χ0v) is 16.0. The Bertz CT molecular complexity index is 1020. The standard InChI is InChI=1S/C16H16N6O8/c1-18(2)22(29)17-30-15-9-12(13(20(25)26)8-14(15)21(27)28)19(3)11-6-4-10(5-7-11)16(23)24/h4-9H,1-3H3,(H,23,24)/b22-17-. The smallest absolute Gasteiger partial charge is 0.335 e. The minimum atomic E-state index is -1.15. The van der Waals surface area contributed by atoms with Gasteiger partial charge in [0.2, 0.25) is 11.0 Å². The predicted molar refractivity (Wildman–Crippen MR) is 102 cm³/mol. The molecule has 0 amide bonds. The highest BCUT2D eigenvalue weighted by atomic mass is 16.7. The monoisotopic (exact) mass is 420 g/mol. The molecule has 0 radical (unpaired) electrons. The lowest BCUT2D eigenvalue weighted by molar-refractivity contribution is -0.695. The van der Waals surface area contributed by atoms with Crippen molar-refractivity contribution in [3.8, 4) is 5.75 Å². The van der Waals surface area contributed by atoms with E-state index in [9.17, 15) is 30.2 Å². The van der Waals surface area contributed by atoms with Crippen molar-refractivity contribution in [1.82, 2.24) is 5.01 Å². The van der Waals surface area contributed by atoms with Crippen LogP contribution in [0.2, 0.25) is 0 Å². The highest BCUT2D eigenvalue weighted by Crippen LogP contribution is 2.41. The Balaban J connectivity index is 2.59. The summed E-state index contributed by atoms with van der Waals surface area (Å²) in [5.74, 6) is -1.65. The van der Waals surface area contributed by atoms with E-state index in [1.54, 1.807) is 0 Å². The number of nitro benzene ring substituents is 2. The molecule has 0 spiro atoms. The fraction of sp³-hybridized carbons (Fsp3) is 0.188. The normalized spacial score (nSPS) is 11.0. The molecule has 0 heterocycles. The zero-order valence-electron chi connectivity index (χ0n) is 16.0. The van der Waals surface area contributed by atoms with Gasteiger partial charge in [-0.05, 0) is 24.3 Å². The molecule has 0 aliphatic carbocycles. The molecule has 0 bridgehead atoms. The average Bonchev–Trinajstić information content (AvgIpc) is 2.70. The topological polar surface area (TPSA) is 178 Å². The van der Waals surface area contributed by atoms with Gasteiger partial charge in [-0.3, -0.25) is 25.1 Å². The van der Waals surface area contributed by atoms with Gasteiger partial charge in [-0.2, -0.15) is 5.01 Å². The van der Waals surface area contributed by atoms with Gasteiger partial charge in [0.05, 0.1) is 34.5 Å². The third-order valence-corrected chi connectivity index (χ3v) is 3.86. The number of hydrazine groups is 1. The molecule has 0 atom stereocenters. The van der Waals surface area contributed by atoms with Crippen molar-refractivity contribution in [3.63, 3.8) is 0 Å². The number of carboxylic acid groups (broad SMARTS) is 1. The molecule has 0 saturated heterocycles. The van der Waals surface area contributed by atoms with E-state index in [-0.39, 0.29) is 16.2 Å². The second kappa shape index (κ2) is 8.68. The van der Waals surface area contributed by atoms with E-state index < -0.39 is 32.9 Å². The van der Waals surface area contributed by atoms with Crippen LogP contribution in [0, 0.1) is 25.4 Å². The first kappa shape index (κ1) is 21.8. The molecule has 14 heteroatoms. The molecular formula is C16H16N6O8. The van der Waals surface area contributed by atoms with Crippen molar-refractivity contribution in [3.05, 3.63) is 67.4 Å². The first-order valence-electron chi connectivity index (χ1n) is 8.09. The van der Waals surface area contributed by atoms with Gasteiger partial charge >= 0.3 is 11.7 Å². The third kappa shape index (κ3) is 4.67. The van der Waals surface area contributed by atoms with E-state index in [2.05, 4.69) is 5.28 Å². The van der Waals surface area contributed by atoms with Crippen LogP contribution >= 0.6 is 0 Å². The van der Waals surface area contributed by atoms with Crippen LogP contribution in [0.4, 0.5) is 22.7 Å². The summed E-state index contributed by atoms with van der Waals surface area (Å²) in [6, 6.07) is 7.09. The number of nitro groups is 2. The Morgan fingerprint density at radius 1 is 1.00 bits per heavy atom. The summed E-state index contributed by atoms with van der Waals surface area (Å²) in [4.78, 5) is 38.3. The molecular weight excluding hydrogens is 404 g/mol. The Morgan fingerprint density at radius 2 is 1.57 bits per heavy atom. The van der Waals surface area contributed by atoms with Gasteiger partial charge in [0.25, 0.3) is 5.69 Å². The van der Waals surface area contributed by atoms with Crippen LogP contribution in [0.3, 0.4) is 0 Å². The van der Waals surface area contributed by atoms with Crippen LogP contribution in [-0.2, 0) is 0 Å². The molecule has 0 aromatic heterocycles. The van der Waals surface area contributed by atoms with Crippen LogP contribution in [-0.4, -0.2) is 52.0 Å². The molecule has 0 aliphatic rings. The fourth-order valence-electron chi connectivity index (χ4n) is 2.30. The third-order valence-electron chi connectivity index (χ3n) is 3.86. The molecule has 14 nitrogen and oxygen atoms in total. The van der Waals surface area contributed by atoms with Crippen LogP contribution in [0.5, 0.6) is 5.75 Å². The number of carboxylic acids is 1. The van der Waals surface area contributed by atoms with Crippen molar-refractivity contribution in [2.75, 3.05) is 26.0 Å². The molecule has 2 aromatic carbocycles. The second-order valence-corrected chi connectivity index (χ2v) is 6.01. The first-order chi connectivity index (χ1) is 14.0. The maximum absolute atomic E-state index is 11.5. The highest BCUT2D eigenvalue weighted by molar-refractivity contribution is 5.88. The number of hydrogen-bond acceptors (Lipinski definition) is 9. The number of rotatable bonds is 8. The van der Waals surface area contributed by atoms with E-state index in [1.807, 2.05) is 0 Å². The number of nitrogens with zero attached hydrogens (tertiary/aromatic N) is 6. The molecule has 158 valence electrons. The summed E-state index contributed by atoms with van der Waals surface area (Å²) in [5.41, 5.74) is -1.12. The van der Waals surface area contributed by atoms with Gasteiger partial charge in [-0.1, -0.05) is 0 Å². The SMILES string of the molecule is CN(c1ccc(C(=O)O)cc1)c1cc(O/N=[N+](\[O-])N(C)C)c([N+](=O)[O-])cc1[N+](=O)[O-]. The van der Waals surface area contributed by atoms with Crippen molar-refractivity contribution in [2.45, 2.75) is 0 Å². The average molecular weight is 420 g/mol. The van der Waals surface area contributed by atoms with Gasteiger partial charge < -0.3 is 15.2 Å². The molecule has 1 N–H and O–H groups in total.